The van der Waals surface area contributed by atoms with E-state index >= 15 is 0 Å². The molecule has 1 saturated heterocycles. The molecule has 20 heavy (non-hydrogen) atoms. The molecular formula is C16H24ClNO2. The second kappa shape index (κ2) is 6.44. The minimum atomic E-state index is -0.627. The van der Waals surface area contributed by atoms with Crippen LogP contribution in [-0.4, -0.2) is 41.3 Å². The third-order valence-electron chi connectivity index (χ3n) is 3.83. The van der Waals surface area contributed by atoms with E-state index in [1.807, 2.05) is 38.1 Å². The number of ether oxygens (including phenoxy) is 1. The van der Waals surface area contributed by atoms with Crippen LogP contribution >= 0.6 is 11.6 Å². The van der Waals surface area contributed by atoms with E-state index in [0.717, 1.165) is 30.1 Å². The van der Waals surface area contributed by atoms with Gasteiger partial charge in [0.15, 0.2) is 0 Å². The van der Waals surface area contributed by atoms with E-state index in [2.05, 4.69) is 11.8 Å². The van der Waals surface area contributed by atoms with Gasteiger partial charge in [0.25, 0.3) is 0 Å². The molecule has 0 aromatic heterocycles. The number of aliphatic hydroxyl groups is 1. The summed E-state index contributed by atoms with van der Waals surface area (Å²) in [4.78, 5) is 2.37. The summed E-state index contributed by atoms with van der Waals surface area (Å²) in [5, 5.41) is 10.6. The fourth-order valence-electron chi connectivity index (χ4n) is 2.46. The Bertz CT molecular complexity index is 444. The summed E-state index contributed by atoms with van der Waals surface area (Å²) in [6.07, 6.45) is 0.772. The third-order valence-corrected chi connectivity index (χ3v) is 4.17. The van der Waals surface area contributed by atoms with Crippen LogP contribution in [0.25, 0.3) is 0 Å². The summed E-state index contributed by atoms with van der Waals surface area (Å²) < 4.78 is 5.93. The van der Waals surface area contributed by atoms with Crippen molar-refractivity contribution < 1.29 is 9.84 Å². The average molecular weight is 298 g/mol. The number of hydrogen-bond donors (Lipinski definition) is 1. The molecule has 0 bridgehead atoms. The second-order valence-corrected chi connectivity index (χ2v) is 6.66. The van der Waals surface area contributed by atoms with Crippen molar-refractivity contribution in [2.45, 2.75) is 44.9 Å². The molecule has 1 aromatic carbocycles. The highest BCUT2D eigenvalue weighted by atomic mass is 35.5. The maximum Gasteiger partial charge on any atom is 0.0967 e. The van der Waals surface area contributed by atoms with Crippen molar-refractivity contribution >= 4 is 11.6 Å². The van der Waals surface area contributed by atoms with Crippen molar-refractivity contribution in [1.82, 2.24) is 4.90 Å². The maximum atomic E-state index is 9.88. The van der Waals surface area contributed by atoms with Gasteiger partial charge < -0.3 is 9.84 Å². The molecule has 3 nitrogen and oxygen atoms in total. The zero-order chi connectivity index (χ0) is 14.8. The first-order chi connectivity index (χ1) is 9.37. The van der Waals surface area contributed by atoms with Crippen LogP contribution in [-0.2, 0) is 4.74 Å². The van der Waals surface area contributed by atoms with Crippen LogP contribution in [0.1, 0.15) is 38.9 Å². The minimum absolute atomic E-state index is 0.0155. The monoisotopic (exact) mass is 297 g/mol. The third kappa shape index (κ3) is 4.19. The van der Waals surface area contributed by atoms with Crippen molar-refractivity contribution in [2.24, 2.45) is 0 Å². The van der Waals surface area contributed by atoms with E-state index in [-0.39, 0.29) is 6.10 Å². The highest BCUT2D eigenvalue weighted by molar-refractivity contribution is 6.31. The zero-order valence-electron chi connectivity index (χ0n) is 12.5. The van der Waals surface area contributed by atoms with E-state index in [1.165, 1.54) is 0 Å². The van der Waals surface area contributed by atoms with Crippen molar-refractivity contribution in [3.05, 3.63) is 34.9 Å². The van der Waals surface area contributed by atoms with Gasteiger partial charge in [0.1, 0.15) is 0 Å². The lowest BCUT2D eigenvalue weighted by molar-refractivity contribution is -0.0666. The van der Waals surface area contributed by atoms with Gasteiger partial charge in [0.05, 0.1) is 18.3 Å². The van der Waals surface area contributed by atoms with Gasteiger partial charge in [0, 0.05) is 29.7 Å². The molecule has 112 valence electrons. The number of hydrogen-bond acceptors (Lipinski definition) is 3. The van der Waals surface area contributed by atoms with Crippen LogP contribution in [0.2, 0.25) is 5.02 Å². The Morgan fingerprint density at radius 1 is 1.40 bits per heavy atom. The Hall–Kier alpha value is -0.610. The molecule has 4 heteroatoms. The summed E-state index contributed by atoms with van der Waals surface area (Å²) >= 11 is 6.25. The van der Waals surface area contributed by atoms with Crippen LogP contribution in [0.5, 0.6) is 0 Å². The molecule has 1 N–H and O–H groups in total. The summed E-state index contributed by atoms with van der Waals surface area (Å²) in [7, 11) is 0. The van der Waals surface area contributed by atoms with Gasteiger partial charge in [-0.3, -0.25) is 4.90 Å². The first kappa shape index (κ1) is 15.8. The fourth-order valence-corrected chi connectivity index (χ4v) is 2.72. The summed E-state index contributed by atoms with van der Waals surface area (Å²) in [6, 6.07) is 8.22. The predicted octanol–water partition coefficient (Wildman–Crippen LogP) is 3.26. The molecule has 1 aliphatic heterocycles. The summed E-state index contributed by atoms with van der Waals surface area (Å²) in [6.45, 7) is 8.25. The van der Waals surface area contributed by atoms with Gasteiger partial charge in [-0.2, -0.15) is 0 Å². The molecule has 0 spiro atoms. The molecule has 1 fully saturated rings. The van der Waals surface area contributed by atoms with Crippen LogP contribution in [0.15, 0.2) is 24.3 Å². The minimum Gasteiger partial charge on any atom is -0.390 e. The molecule has 1 aromatic rings. The molecule has 0 amide bonds. The number of rotatable bonds is 4. The summed E-state index contributed by atoms with van der Waals surface area (Å²) in [5.74, 6) is 0. The second-order valence-electron chi connectivity index (χ2n) is 6.25. The predicted molar refractivity (Wildman–Crippen MR) is 82.1 cm³/mol. The van der Waals surface area contributed by atoms with E-state index < -0.39 is 5.60 Å². The number of morpholine rings is 1. The van der Waals surface area contributed by atoms with Crippen molar-refractivity contribution in [3.63, 3.8) is 0 Å². The van der Waals surface area contributed by atoms with Crippen LogP contribution < -0.4 is 0 Å². The Labute approximate surface area is 126 Å². The van der Waals surface area contributed by atoms with Crippen molar-refractivity contribution in [2.75, 3.05) is 19.7 Å². The number of nitrogens with zero attached hydrogens (tertiary/aromatic N) is 1. The average Bonchev–Trinajstić information content (AvgIpc) is 2.38. The molecule has 1 aliphatic rings. The highest BCUT2D eigenvalue weighted by Crippen LogP contribution is 2.30. The lowest BCUT2D eigenvalue weighted by atomic mass is 10.0. The van der Waals surface area contributed by atoms with Gasteiger partial charge in [0.2, 0.25) is 0 Å². The Morgan fingerprint density at radius 3 is 2.75 bits per heavy atom. The van der Waals surface area contributed by atoms with Crippen LogP contribution in [0, 0.1) is 0 Å². The van der Waals surface area contributed by atoms with Gasteiger partial charge in [-0.15, -0.1) is 0 Å². The fraction of sp³-hybridized carbons (Fsp3) is 0.625. The Kier molecular flexibility index (Phi) is 5.08. The van der Waals surface area contributed by atoms with Crippen molar-refractivity contribution in [1.29, 1.82) is 0 Å². The topological polar surface area (TPSA) is 32.7 Å². The zero-order valence-corrected chi connectivity index (χ0v) is 13.2. The number of benzene rings is 1. The van der Waals surface area contributed by atoms with Gasteiger partial charge in [-0.05, 0) is 33.3 Å². The van der Waals surface area contributed by atoms with E-state index in [9.17, 15) is 5.11 Å². The first-order valence-electron chi connectivity index (χ1n) is 7.19. The Balaban J connectivity index is 2.03. The molecule has 2 atom stereocenters. The molecule has 0 unspecified atom stereocenters. The first-order valence-corrected chi connectivity index (χ1v) is 7.57. The molecule has 0 aliphatic carbocycles. The van der Waals surface area contributed by atoms with Gasteiger partial charge in [-0.1, -0.05) is 29.8 Å². The van der Waals surface area contributed by atoms with Crippen molar-refractivity contribution in [3.8, 4) is 0 Å². The molecule has 1 heterocycles. The normalized spacial score (nSPS) is 24.9. The molecular weight excluding hydrogens is 274 g/mol. The summed E-state index contributed by atoms with van der Waals surface area (Å²) in [5.41, 5.74) is 0.423. The van der Waals surface area contributed by atoms with Crippen LogP contribution in [0.4, 0.5) is 0 Å². The number of halogens is 1. The molecule has 2 rings (SSSR count). The van der Waals surface area contributed by atoms with Gasteiger partial charge >= 0.3 is 0 Å². The smallest absolute Gasteiger partial charge is 0.0967 e. The maximum absolute atomic E-state index is 9.88. The van der Waals surface area contributed by atoms with E-state index in [0.29, 0.717) is 12.6 Å². The van der Waals surface area contributed by atoms with E-state index in [1.54, 1.807) is 0 Å². The van der Waals surface area contributed by atoms with Crippen LogP contribution in [0.3, 0.4) is 0 Å². The lowest BCUT2D eigenvalue weighted by Crippen LogP contribution is -2.46. The van der Waals surface area contributed by atoms with Gasteiger partial charge in [-0.25, -0.2) is 0 Å². The molecule has 0 radical (unpaired) electrons. The quantitative estimate of drug-likeness (QED) is 0.926. The molecule has 0 saturated carbocycles. The Morgan fingerprint density at radius 2 is 2.10 bits per heavy atom. The lowest BCUT2D eigenvalue weighted by Gasteiger charge is -2.39. The standard InChI is InChI=1S/C16H24ClNO2/c1-12-11-20-15(13-6-4-5-7-14(13)17)10-18(12)9-8-16(2,3)19/h4-7,12,15,19H,8-11H2,1-3H3/t12-,15-/m0/s1. The van der Waals surface area contributed by atoms with E-state index in [4.69, 9.17) is 16.3 Å². The largest absolute Gasteiger partial charge is 0.390 e. The highest BCUT2D eigenvalue weighted by Gasteiger charge is 2.29. The SMILES string of the molecule is C[C@H]1CO[C@H](c2ccccc2Cl)CN1CCC(C)(C)O.